The van der Waals surface area contributed by atoms with E-state index in [0.717, 1.165) is 16.8 Å². The van der Waals surface area contributed by atoms with Gasteiger partial charge in [-0.15, -0.1) is 0 Å². The van der Waals surface area contributed by atoms with Gasteiger partial charge in [-0.3, -0.25) is 4.79 Å². The zero-order valence-corrected chi connectivity index (χ0v) is 19.3. The first-order valence-electron chi connectivity index (χ1n) is 11.3. The Morgan fingerprint density at radius 3 is 2.41 bits per heavy atom. The summed E-state index contributed by atoms with van der Waals surface area (Å²) < 4.78 is 23.0. The molecule has 1 atom stereocenters. The number of esters is 1. The van der Waals surface area contributed by atoms with Gasteiger partial charge in [-0.05, 0) is 42.8 Å². The van der Waals surface area contributed by atoms with Gasteiger partial charge in [0.1, 0.15) is 17.9 Å². The molecule has 4 aromatic rings. The molecule has 0 fully saturated rings. The molecule has 4 rings (SSSR count). The fourth-order valence-corrected chi connectivity index (χ4v) is 3.26. The van der Waals surface area contributed by atoms with Crippen LogP contribution in [0.3, 0.4) is 0 Å². The summed E-state index contributed by atoms with van der Waals surface area (Å²) in [5.41, 5.74) is 1.55. The fraction of sp³-hybridized carbons (Fsp3) is 0.259. The lowest BCUT2D eigenvalue weighted by Crippen LogP contribution is -2.24. The van der Waals surface area contributed by atoms with Gasteiger partial charge in [0.15, 0.2) is 17.1 Å². The molecule has 0 aliphatic heterocycles. The summed E-state index contributed by atoms with van der Waals surface area (Å²) in [5, 5.41) is 0. The number of anilines is 1. The van der Waals surface area contributed by atoms with E-state index in [1.807, 2.05) is 85.6 Å². The molecule has 7 heteroatoms. The molecule has 0 amide bonds. The number of oxazole rings is 1. The van der Waals surface area contributed by atoms with Crippen molar-refractivity contribution >= 4 is 23.1 Å². The van der Waals surface area contributed by atoms with Crippen molar-refractivity contribution in [1.82, 2.24) is 4.98 Å². The summed E-state index contributed by atoms with van der Waals surface area (Å²) in [5.74, 6) is 1.05. The van der Waals surface area contributed by atoms with Gasteiger partial charge in [0, 0.05) is 7.05 Å². The van der Waals surface area contributed by atoms with E-state index in [0.29, 0.717) is 43.7 Å². The summed E-state index contributed by atoms with van der Waals surface area (Å²) >= 11 is 0. The lowest BCUT2D eigenvalue weighted by Gasteiger charge is -2.17. The smallest absolute Gasteiger partial charge is 0.314 e. The second kappa shape index (κ2) is 11.2. The molecule has 0 saturated heterocycles. The predicted octanol–water partition coefficient (Wildman–Crippen LogP) is 5.35. The molecule has 0 bridgehead atoms. The Morgan fingerprint density at radius 1 is 0.912 bits per heavy atom. The second-order valence-corrected chi connectivity index (χ2v) is 7.95. The number of aromatic nitrogens is 1. The highest BCUT2D eigenvalue weighted by atomic mass is 16.6. The highest BCUT2D eigenvalue weighted by Crippen LogP contribution is 2.28. The number of fused-ring (bicyclic) bond motifs is 1. The van der Waals surface area contributed by atoms with Crippen LogP contribution in [0.4, 0.5) is 6.01 Å². The predicted molar refractivity (Wildman–Crippen MR) is 131 cm³/mol. The molecule has 0 N–H and O–H groups in total. The number of benzene rings is 3. The molecule has 7 nitrogen and oxygen atoms in total. The molecular formula is C27H28N2O5. The SMILES string of the molecule is CC(CCOc1ccccc1)C(=O)Oc1ccccc1OCCN(C)c1nc2ccccc2o1. The summed E-state index contributed by atoms with van der Waals surface area (Å²) in [6.45, 7) is 3.17. The first-order chi connectivity index (χ1) is 16.6. The van der Waals surface area contributed by atoms with Crippen LogP contribution in [0.15, 0.2) is 83.3 Å². The lowest BCUT2D eigenvalue weighted by molar-refractivity contribution is -0.138. The number of para-hydroxylation sites is 5. The Hall–Kier alpha value is -4.00. The monoisotopic (exact) mass is 460 g/mol. The molecule has 0 aliphatic carbocycles. The average molecular weight is 461 g/mol. The standard InChI is InChI=1S/C27H28N2O5/c1-20(16-18-31-21-10-4-3-5-11-21)26(30)33-25-15-9-8-14-24(25)32-19-17-29(2)27-28-22-12-6-7-13-23(22)34-27/h3-15,20H,16-19H2,1-2H3. The van der Waals surface area contributed by atoms with E-state index in [-0.39, 0.29) is 11.9 Å². The van der Waals surface area contributed by atoms with Gasteiger partial charge < -0.3 is 23.5 Å². The summed E-state index contributed by atoms with van der Waals surface area (Å²) in [7, 11) is 1.89. The largest absolute Gasteiger partial charge is 0.494 e. The number of hydrogen-bond acceptors (Lipinski definition) is 7. The average Bonchev–Trinajstić information content (AvgIpc) is 3.30. The van der Waals surface area contributed by atoms with Crippen LogP contribution in [-0.2, 0) is 4.79 Å². The van der Waals surface area contributed by atoms with E-state index in [2.05, 4.69) is 4.98 Å². The Balaban J connectivity index is 1.26. The van der Waals surface area contributed by atoms with Crippen LogP contribution < -0.4 is 19.1 Å². The number of likely N-dealkylation sites (N-methyl/N-ethyl adjacent to an activating group) is 1. The Bertz CT molecular complexity index is 1170. The van der Waals surface area contributed by atoms with Crippen LogP contribution in [0, 0.1) is 5.92 Å². The van der Waals surface area contributed by atoms with Crippen molar-refractivity contribution in [1.29, 1.82) is 0 Å². The van der Waals surface area contributed by atoms with E-state index < -0.39 is 0 Å². The first kappa shape index (κ1) is 23.2. The van der Waals surface area contributed by atoms with Crippen molar-refractivity contribution in [3.63, 3.8) is 0 Å². The van der Waals surface area contributed by atoms with E-state index in [1.165, 1.54) is 0 Å². The van der Waals surface area contributed by atoms with Crippen LogP contribution in [-0.4, -0.2) is 37.8 Å². The van der Waals surface area contributed by atoms with Crippen molar-refractivity contribution in [2.45, 2.75) is 13.3 Å². The van der Waals surface area contributed by atoms with Crippen LogP contribution in [0.25, 0.3) is 11.1 Å². The van der Waals surface area contributed by atoms with Crippen LogP contribution in [0.5, 0.6) is 17.2 Å². The minimum absolute atomic E-state index is 0.318. The third-order valence-corrected chi connectivity index (χ3v) is 5.32. The molecule has 0 saturated carbocycles. The third-order valence-electron chi connectivity index (χ3n) is 5.32. The normalized spacial score (nSPS) is 11.7. The van der Waals surface area contributed by atoms with Crippen LogP contribution in [0.2, 0.25) is 0 Å². The van der Waals surface area contributed by atoms with E-state index in [9.17, 15) is 4.79 Å². The Labute approximate surface area is 198 Å². The summed E-state index contributed by atoms with van der Waals surface area (Å²) in [6.07, 6.45) is 0.548. The van der Waals surface area contributed by atoms with E-state index in [1.54, 1.807) is 12.1 Å². The molecular weight excluding hydrogens is 432 g/mol. The number of rotatable bonds is 11. The molecule has 3 aromatic carbocycles. The minimum Gasteiger partial charge on any atom is -0.494 e. The molecule has 0 aliphatic rings. The van der Waals surface area contributed by atoms with Crippen molar-refractivity contribution in [3.8, 4) is 17.2 Å². The van der Waals surface area contributed by atoms with Crippen LogP contribution in [0.1, 0.15) is 13.3 Å². The quantitative estimate of drug-likeness (QED) is 0.220. The van der Waals surface area contributed by atoms with Crippen molar-refractivity contribution in [2.75, 3.05) is 31.7 Å². The van der Waals surface area contributed by atoms with E-state index >= 15 is 0 Å². The van der Waals surface area contributed by atoms with Gasteiger partial charge in [0.2, 0.25) is 0 Å². The maximum Gasteiger partial charge on any atom is 0.314 e. The second-order valence-electron chi connectivity index (χ2n) is 7.95. The van der Waals surface area contributed by atoms with Crippen LogP contribution >= 0.6 is 0 Å². The van der Waals surface area contributed by atoms with Crippen molar-refractivity contribution in [3.05, 3.63) is 78.9 Å². The molecule has 0 spiro atoms. The van der Waals surface area contributed by atoms with Crippen molar-refractivity contribution < 1.29 is 23.4 Å². The fourth-order valence-electron chi connectivity index (χ4n) is 3.26. The van der Waals surface area contributed by atoms with Crippen molar-refractivity contribution in [2.24, 2.45) is 5.92 Å². The number of carbonyl (C=O) groups excluding carboxylic acids is 1. The van der Waals surface area contributed by atoms with Gasteiger partial charge in [-0.1, -0.05) is 49.4 Å². The Morgan fingerprint density at radius 2 is 1.62 bits per heavy atom. The highest BCUT2D eigenvalue weighted by molar-refractivity contribution is 5.75. The number of hydrogen-bond donors (Lipinski definition) is 0. The zero-order chi connectivity index (χ0) is 23.8. The maximum atomic E-state index is 12.6. The molecule has 0 radical (unpaired) electrons. The van der Waals surface area contributed by atoms with Gasteiger partial charge >= 0.3 is 5.97 Å². The summed E-state index contributed by atoms with van der Waals surface area (Å²) in [4.78, 5) is 19.0. The van der Waals surface area contributed by atoms with Gasteiger partial charge in [0.25, 0.3) is 6.01 Å². The number of ether oxygens (including phenoxy) is 3. The Kier molecular flexibility index (Phi) is 7.65. The zero-order valence-electron chi connectivity index (χ0n) is 19.3. The van der Waals surface area contributed by atoms with Gasteiger partial charge in [-0.25, -0.2) is 0 Å². The van der Waals surface area contributed by atoms with Gasteiger partial charge in [-0.2, -0.15) is 4.98 Å². The first-order valence-corrected chi connectivity index (χ1v) is 11.3. The number of carbonyl (C=O) groups is 1. The number of nitrogens with zero attached hydrogens (tertiary/aromatic N) is 2. The minimum atomic E-state index is -0.323. The summed E-state index contributed by atoms with van der Waals surface area (Å²) in [6, 6.07) is 24.8. The molecule has 176 valence electrons. The highest BCUT2D eigenvalue weighted by Gasteiger charge is 2.18. The van der Waals surface area contributed by atoms with E-state index in [4.69, 9.17) is 18.6 Å². The lowest BCUT2D eigenvalue weighted by atomic mass is 10.1. The third kappa shape index (κ3) is 6.07. The van der Waals surface area contributed by atoms with Gasteiger partial charge in [0.05, 0.1) is 19.1 Å². The topological polar surface area (TPSA) is 74.0 Å². The molecule has 1 aromatic heterocycles. The molecule has 1 heterocycles. The maximum absolute atomic E-state index is 12.6. The molecule has 1 unspecified atom stereocenters. The molecule has 34 heavy (non-hydrogen) atoms.